The van der Waals surface area contributed by atoms with Gasteiger partial charge in [0.05, 0.1) is 7.11 Å². The molecule has 0 amide bonds. The second-order valence-electron chi connectivity index (χ2n) is 4.41. The summed E-state index contributed by atoms with van der Waals surface area (Å²) in [4.78, 5) is 12.2. The van der Waals surface area contributed by atoms with Crippen molar-refractivity contribution in [1.29, 1.82) is 0 Å². The van der Waals surface area contributed by atoms with Crippen LogP contribution in [0.25, 0.3) is 0 Å². The maximum absolute atomic E-state index is 12.2. The molecular weight excluding hydrogens is 214 g/mol. The van der Waals surface area contributed by atoms with E-state index in [1.165, 1.54) is 0 Å². The molecule has 3 heteroatoms. The molecule has 0 aliphatic heterocycles. The highest BCUT2D eigenvalue weighted by atomic mass is 16.5. The first kappa shape index (κ1) is 13.7. The van der Waals surface area contributed by atoms with Crippen LogP contribution in [0.4, 0.5) is 0 Å². The number of ketones is 1. The Hall–Kier alpha value is -1.35. The van der Waals surface area contributed by atoms with E-state index >= 15 is 0 Å². The van der Waals surface area contributed by atoms with E-state index in [-0.39, 0.29) is 11.7 Å². The van der Waals surface area contributed by atoms with Crippen LogP contribution in [-0.2, 0) is 0 Å². The zero-order chi connectivity index (χ0) is 13.0. The van der Waals surface area contributed by atoms with Crippen molar-refractivity contribution in [2.45, 2.75) is 27.2 Å². The van der Waals surface area contributed by atoms with E-state index in [4.69, 9.17) is 10.5 Å². The van der Waals surface area contributed by atoms with Crippen LogP contribution in [0, 0.1) is 19.8 Å². The fourth-order valence-electron chi connectivity index (χ4n) is 1.93. The maximum Gasteiger partial charge on any atom is 0.165 e. The molecular formula is C14H21NO2. The zero-order valence-electron chi connectivity index (χ0n) is 11.0. The number of methoxy groups -OCH3 is 1. The lowest BCUT2D eigenvalue weighted by molar-refractivity contribution is 0.0924. The minimum atomic E-state index is -0.0218. The van der Waals surface area contributed by atoms with E-state index in [1.54, 1.807) is 7.11 Å². The number of rotatable bonds is 5. The molecule has 94 valence electrons. The van der Waals surface area contributed by atoms with Crippen molar-refractivity contribution in [3.63, 3.8) is 0 Å². The summed E-state index contributed by atoms with van der Waals surface area (Å²) in [5.41, 5.74) is 8.29. The van der Waals surface area contributed by atoms with E-state index in [9.17, 15) is 4.79 Å². The van der Waals surface area contributed by atoms with Gasteiger partial charge in [-0.2, -0.15) is 0 Å². The van der Waals surface area contributed by atoms with Gasteiger partial charge in [0, 0.05) is 11.5 Å². The summed E-state index contributed by atoms with van der Waals surface area (Å²) in [6, 6.07) is 3.70. The maximum atomic E-state index is 12.2. The van der Waals surface area contributed by atoms with Crippen LogP contribution in [0.2, 0.25) is 0 Å². The molecule has 3 nitrogen and oxygen atoms in total. The molecule has 1 aromatic carbocycles. The van der Waals surface area contributed by atoms with Gasteiger partial charge in [-0.15, -0.1) is 0 Å². The molecule has 1 unspecified atom stereocenters. The average Bonchev–Trinajstić information content (AvgIpc) is 2.32. The largest absolute Gasteiger partial charge is 0.496 e. The van der Waals surface area contributed by atoms with Crippen molar-refractivity contribution in [2.75, 3.05) is 13.7 Å². The van der Waals surface area contributed by atoms with Crippen LogP contribution in [0.3, 0.4) is 0 Å². The second kappa shape index (κ2) is 5.82. The van der Waals surface area contributed by atoms with Crippen LogP contribution in [-0.4, -0.2) is 19.4 Å². The van der Waals surface area contributed by atoms with Crippen molar-refractivity contribution >= 4 is 5.78 Å². The lowest BCUT2D eigenvalue weighted by Gasteiger charge is -2.14. The molecule has 0 aliphatic carbocycles. The fraction of sp³-hybridized carbons (Fsp3) is 0.500. The molecule has 1 atom stereocenters. The number of ether oxygens (including phenoxy) is 1. The molecule has 0 spiro atoms. The normalized spacial score (nSPS) is 12.3. The Balaban J connectivity index is 3.07. The average molecular weight is 235 g/mol. The molecule has 0 fully saturated rings. The van der Waals surface area contributed by atoms with Gasteiger partial charge >= 0.3 is 0 Å². The quantitative estimate of drug-likeness (QED) is 0.798. The monoisotopic (exact) mass is 235 g/mol. The van der Waals surface area contributed by atoms with Gasteiger partial charge in [-0.3, -0.25) is 4.79 Å². The summed E-state index contributed by atoms with van der Waals surface area (Å²) in [6.07, 6.45) is 0.726. The molecule has 1 rings (SSSR count). The van der Waals surface area contributed by atoms with Crippen molar-refractivity contribution in [1.82, 2.24) is 0 Å². The van der Waals surface area contributed by atoms with Crippen LogP contribution in [0.1, 0.15) is 34.8 Å². The number of hydrogen-bond acceptors (Lipinski definition) is 3. The summed E-state index contributed by atoms with van der Waals surface area (Å²) in [5, 5.41) is 0. The molecule has 0 bridgehead atoms. The summed E-state index contributed by atoms with van der Waals surface area (Å²) >= 11 is 0. The van der Waals surface area contributed by atoms with Crippen LogP contribution in [0.5, 0.6) is 5.75 Å². The number of carbonyl (C=O) groups excluding carboxylic acids is 1. The first-order chi connectivity index (χ1) is 8.02. The van der Waals surface area contributed by atoms with Gasteiger partial charge in [-0.1, -0.05) is 6.92 Å². The Morgan fingerprint density at radius 2 is 2.00 bits per heavy atom. The molecule has 2 N–H and O–H groups in total. The smallest absolute Gasteiger partial charge is 0.165 e. The summed E-state index contributed by atoms with van der Waals surface area (Å²) in [5.74, 6) is 0.968. The standard InChI is InChI=1S/C14H21NO2/c1-9(7-8-15)14(16)12-5-6-13(17-4)11(3)10(12)2/h5-6,9H,7-8,15H2,1-4H3. The SMILES string of the molecule is COc1ccc(C(=O)C(C)CCN)c(C)c1C. The molecule has 0 saturated heterocycles. The number of Topliss-reactive ketones (excluding diaryl/α,β-unsaturated/α-hetero) is 1. The van der Waals surface area contributed by atoms with Crippen LogP contribution in [0.15, 0.2) is 12.1 Å². The molecule has 0 radical (unpaired) electrons. The third-order valence-electron chi connectivity index (χ3n) is 3.27. The zero-order valence-corrected chi connectivity index (χ0v) is 11.0. The van der Waals surface area contributed by atoms with E-state index in [1.807, 2.05) is 32.9 Å². The van der Waals surface area contributed by atoms with Crippen molar-refractivity contribution in [3.05, 3.63) is 28.8 Å². The van der Waals surface area contributed by atoms with Gasteiger partial charge in [0.15, 0.2) is 5.78 Å². The van der Waals surface area contributed by atoms with Gasteiger partial charge in [0.1, 0.15) is 5.75 Å². The van der Waals surface area contributed by atoms with Crippen molar-refractivity contribution in [3.8, 4) is 5.75 Å². The van der Waals surface area contributed by atoms with E-state index in [2.05, 4.69) is 0 Å². The highest BCUT2D eigenvalue weighted by molar-refractivity contribution is 5.99. The molecule has 0 aliphatic rings. The van der Waals surface area contributed by atoms with Crippen molar-refractivity contribution in [2.24, 2.45) is 11.7 Å². The Morgan fingerprint density at radius 1 is 1.35 bits per heavy atom. The third kappa shape index (κ3) is 2.86. The number of benzene rings is 1. The summed E-state index contributed by atoms with van der Waals surface area (Å²) in [7, 11) is 1.64. The van der Waals surface area contributed by atoms with E-state index in [0.29, 0.717) is 6.54 Å². The minimum absolute atomic E-state index is 0.0218. The molecule has 0 saturated carbocycles. The number of hydrogen-bond donors (Lipinski definition) is 1. The van der Waals surface area contributed by atoms with Crippen LogP contribution < -0.4 is 10.5 Å². The molecule has 1 aromatic rings. The highest BCUT2D eigenvalue weighted by Gasteiger charge is 2.18. The summed E-state index contributed by atoms with van der Waals surface area (Å²) in [6.45, 7) is 6.40. The number of carbonyl (C=O) groups is 1. The van der Waals surface area contributed by atoms with Crippen LogP contribution >= 0.6 is 0 Å². The first-order valence-corrected chi connectivity index (χ1v) is 5.91. The Bertz CT molecular complexity index is 413. The number of nitrogens with two attached hydrogens (primary N) is 1. The van der Waals surface area contributed by atoms with Gasteiger partial charge in [0.2, 0.25) is 0 Å². The van der Waals surface area contributed by atoms with E-state index in [0.717, 1.165) is 28.9 Å². The molecule has 17 heavy (non-hydrogen) atoms. The van der Waals surface area contributed by atoms with Crippen molar-refractivity contribution < 1.29 is 9.53 Å². The topological polar surface area (TPSA) is 52.3 Å². The lowest BCUT2D eigenvalue weighted by atomic mass is 9.91. The summed E-state index contributed by atoms with van der Waals surface area (Å²) < 4.78 is 5.24. The van der Waals surface area contributed by atoms with Gasteiger partial charge < -0.3 is 10.5 Å². The van der Waals surface area contributed by atoms with Gasteiger partial charge in [-0.25, -0.2) is 0 Å². The van der Waals surface area contributed by atoms with Gasteiger partial charge in [-0.05, 0) is 50.1 Å². The fourth-order valence-corrected chi connectivity index (χ4v) is 1.93. The second-order valence-corrected chi connectivity index (χ2v) is 4.41. The van der Waals surface area contributed by atoms with E-state index < -0.39 is 0 Å². The van der Waals surface area contributed by atoms with Gasteiger partial charge in [0.25, 0.3) is 0 Å². The molecule has 0 aromatic heterocycles. The predicted molar refractivity (Wildman–Crippen MR) is 69.6 cm³/mol. The predicted octanol–water partition coefficient (Wildman–Crippen LogP) is 2.48. The Labute approximate surface area is 103 Å². The lowest BCUT2D eigenvalue weighted by Crippen LogP contribution is -2.17. The minimum Gasteiger partial charge on any atom is -0.496 e. The first-order valence-electron chi connectivity index (χ1n) is 5.91. The Kier molecular flexibility index (Phi) is 4.70. The third-order valence-corrected chi connectivity index (χ3v) is 3.27. The molecule has 0 heterocycles. The highest BCUT2D eigenvalue weighted by Crippen LogP contribution is 2.26. The Morgan fingerprint density at radius 3 is 2.53 bits per heavy atom.